The Morgan fingerprint density at radius 3 is 3.08 bits per heavy atom. The zero-order valence-corrected chi connectivity index (χ0v) is 7.14. The summed E-state index contributed by atoms with van der Waals surface area (Å²) in [5.74, 6) is 0. The van der Waals surface area contributed by atoms with Crippen LogP contribution in [0.5, 0.6) is 0 Å². The molecule has 0 bridgehead atoms. The molecule has 0 saturated carbocycles. The predicted octanol–water partition coefficient (Wildman–Crippen LogP) is -0.320. The maximum Gasteiger partial charge on any atom is 0.109 e. The monoisotopic (exact) mass is 170 g/mol. The molecular weight excluding hydrogens is 156 g/mol. The van der Waals surface area contributed by atoms with Gasteiger partial charge in [-0.2, -0.15) is 0 Å². The number of aliphatic hydroxyl groups is 1. The second-order valence-corrected chi connectivity index (χ2v) is 2.63. The molecule has 0 spiro atoms. The van der Waals surface area contributed by atoms with Gasteiger partial charge in [-0.25, -0.2) is 4.68 Å². The minimum Gasteiger partial charge on any atom is -0.385 e. The summed E-state index contributed by atoms with van der Waals surface area (Å²) in [6.45, 7) is 3.02. The molecule has 0 saturated heterocycles. The van der Waals surface area contributed by atoms with Gasteiger partial charge in [0, 0.05) is 13.1 Å². The zero-order valence-electron chi connectivity index (χ0n) is 7.14. The SMILES string of the molecule is CCCn1nncc1C(O)CN. The molecule has 1 heterocycles. The van der Waals surface area contributed by atoms with Gasteiger partial charge in [0.2, 0.25) is 0 Å². The van der Waals surface area contributed by atoms with E-state index >= 15 is 0 Å². The van der Waals surface area contributed by atoms with Crippen molar-refractivity contribution in [3.05, 3.63) is 11.9 Å². The van der Waals surface area contributed by atoms with Crippen LogP contribution in [0.25, 0.3) is 0 Å². The molecule has 1 unspecified atom stereocenters. The van der Waals surface area contributed by atoms with Crippen molar-refractivity contribution < 1.29 is 5.11 Å². The van der Waals surface area contributed by atoms with Gasteiger partial charge < -0.3 is 10.8 Å². The van der Waals surface area contributed by atoms with Gasteiger partial charge >= 0.3 is 0 Å². The van der Waals surface area contributed by atoms with Crippen molar-refractivity contribution in [2.45, 2.75) is 26.0 Å². The molecule has 0 amide bonds. The Bertz CT molecular complexity index is 235. The number of nitrogens with two attached hydrogens (primary N) is 1. The molecule has 68 valence electrons. The molecule has 12 heavy (non-hydrogen) atoms. The van der Waals surface area contributed by atoms with E-state index in [0.717, 1.165) is 13.0 Å². The highest BCUT2D eigenvalue weighted by molar-refractivity contribution is 4.99. The van der Waals surface area contributed by atoms with Gasteiger partial charge in [-0.15, -0.1) is 5.10 Å². The topological polar surface area (TPSA) is 77.0 Å². The summed E-state index contributed by atoms with van der Waals surface area (Å²) in [4.78, 5) is 0. The summed E-state index contributed by atoms with van der Waals surface area (Å²) < 4.78 is 1.68. The minimum atomic E-state index is -0.647. The summed E-state index contributed by atoms with van der Waals surface area (Å²) in [6.07, 6.45) is 1.87. The number of aryl methyl sites for hydroxylation is 1. The summed E-state index contributed by atoms with van der Waals surface area (Å²) in [5.41, 5.74) is 6.00. The molecule has 0 aliphatic rings. The number of nitrogens with zero attached hydrogens (tertiary/aromatic N) is 3. The first-order valence-electron chi connectivity index (χ1n) is 4.06. The van der Waals surface area contributed by atoms with E-state index in [1.807, 2.05) is 6.92 Å². The lowest BCUT2D eigenvalue weighted by molar-refractivity contribution is 0.174. The predicted molar refractivity (Wildman–Crippen MR) is 44.3 cm³/mol. The van der Waals surface area contributed by atoms with Crippen LogP contribution in [0, 0.1) is 0 Å². The number of aromatic nitrogens is 3. The average Bonchev–Trinajstić information content (AvgIpc) is 2.52. The second-order valence-electron chi connectivity index (χ2n) is 2.63. The van der Waals surface area contributed by atoms with E-state index < -0.39 is 6.10 Å². The first kappa shape index (κ1) is 9.15. The Balaban J connectivity index is 2.76. The van der Waals surface area contributed by atoms with Gasteiger partial charge in [-0.3, -0.25) is 0 Å². The highest BCUT2D eigenvalue weighted by atomic mass is 16.3. The number of hydrogen-bond donors (Lipinski definition) is 2. The Morgan fingerprint density at radius 1 is 1.75 bits per heavy atom. The van der Waals surface area contributed by atoms with Crippen LogP contribution in [-0.2, 0) is 6.54 Å². The summed E-state index contributed by atoms with van der Waals surface area (Å²) in [7, 11) is 0. The normalized spacial score (nSPS) is 13.2. The Morgan fingerprint density at radius 2 is 2.50 bits per heavy atom. The quantitative estimate of drug-likeness (QED) is 0.649. The largest absolute Gasteiger partial charge is 0.385 e. The molecule has 0 fully saturated rings. The number of rotatable bonds is 4. The molecule has 1 rings (SSSR count). The van der Waals surface area contributed by atoms with Gasteiger partial charge in [0.15, 0.2) is 0 Å². The maximum atomic E-state index is 9.40. The molecule has 1 aromatic heterocycles. The first-order valence-corrected chi connectivity index (χ1v) is 4.06. The van der Waals surface area contributed by atoms with Gasteiger partial charge in [-0.05, 0) is 6.42 Å². The molecule has 3 N–H and O–H groups in total. The van der Waals surface area contributed by atoms with Crippen molar-refractivity contribution in [2.75, 3.05) is 6.54 Å². The smallest absolute Gasteiger partial charge is 0.109 e. The Hall–Kier alpha value is -0.940. The van der Waals surface area contributed by atoms with Crippen LogP contribution in [0.2, 0.25) is 0 Å². The molecule has 1 atom stereocenters. The van der Waals surface area contributed by atoms with Crippen LogP contribution in [0.15, 0.2) is 6.20 Å². The average molecular weight is 170 g/mol. The van der Waals surface area contributed by atoms with Crippen molar-refractivity contribution in [3.8, 4) is 0 Å². The van der Waals surface area contributed by atoms with E-state index in [1.54, 1.807) is 10.9 Å². The lowest BCUT2D eigenvalue weighted by Gasteiger charge is -2.08. The lowest BCUT2D eigenvalue weighted by atomic mass is 10.2. The molecule has 0 aromatic carbocycles. The van der Waals surface area contributed by atoms with Crippen molar-refractivity contribution in [3.63, 3.8) is 0 Å². The van der Waals surface area contributed by atoms with Crippen LogP contribution >= 0.6 is 0 Å². The van der Waals surface area contributed by atoms with E-state index in [-0.39, 0.29) is 6.54 Å². The fourth-order valence-electron chi connectivity index (χ4n) is 1.03. The third kappa shape index (κ3) is 1.80. The third-order valence-electron chi connectivity index (χ3n) is 1.65. The van der Waals surface area contributed by atoms with E-state index in [4.69, 9.17) is 5.73 Å². The van der Waals surface area contributed by atoms with Crippen LogP contribution in [0.1, 0.15) is 25.1 Å². The van der Waals surface area contributed by atoms with E-state index in [9.17, 15) is 5.11 Å². The lowest BCUT2D eigenvalue weighted by Crippen LogP contribution is -2.16. The summed E-state index contributed by atoms with van der Waals surface area (Å²) in [5, 5.41) is 16.9. The van der Waals surface area contributed by atoms with Crippen LogP contribution < -0.4 is 5.73 Å². The van der Waals surface area contributed by atoms with Gasteiger partial charge in [0.1, 0.15) is 6.10 Å². The van der Waals surface area contributed by atoms with Gasteiger partial charge in [0.25, 0.3) is 0 Å². The van der Waals surface area contributed by atoms with Crippen molar-refractivity contribution >= 4 is 0 Å². The van der Waals surface area contributed by atoms with Crippen LogP contribution in [-0.4, -0.2) is 26.6 Å². The molecule has 0 aliphatic carbocycles. The minimum absolute atomic E-state index is 0.205. The number of aliphatic hydroxyl groups excluding tert-OH is 1. The second kappa shape index (κ2) is 4.18. The molecule has 5 heteroatoms. The van der Waals surface area contributed by atoms with E-state index in [2.05, 4.69) is 10.3 Å². The zero-order chi connectivity index (χ0) is 8.97. The Kier molecular flexibility index (Phi) is 3.19. The molecule has 1 aromatic rings. The molecule has 0 radical (unpaired) electrons. The van der Waals surface area contributed by atoms with Crippen molar-refractivity contribution in [1.82, 2.24) is 15.0 Å². The van der Waals surface area contributed by atoms with E-state index in [0.29, 0.717) is 5.69 Å². The molecular formula is C7H14N4O. The van der Waals surface area contributed by atoms with Crippen molar-refractivity contribution in [2.24, 2.45) is 5.73 Å². The maximum absolute atomic E-state index is 9.40. The summed E-state index contributed by atoms with van der Waals surface area (Å²) >= 11 is 0. The van der Waals surface area contributed by atoms with Crippen LogP contribution in [0.3, 0.4) is 0 Å². The van der Waals surface area contributed by atoms with Gasteiger partial charge in [-0.1, -0.05) is 12.1 Å². The Labute approximate surface area is 71.2 Å². The molecule has 5 nitrogen and oxygen atoms in total. The fraction of sp³-hybridized carbons (Fsp3) is 0.714. The first-order chi connectivity index (χ1) is 5.79. The standard InChI is InChI=1S/C7H14N4O/c1-2-3-11-6(5-9-10-11)7(12)4-8/h5,7,12H,2-4,8H2,1H3. The number of hydrogen-bond acceptors (Lipinski definition) is 4. The fourth-order valence-corrected chi connectivity index (χ4v) is 1.03. The molecule has 0 aliphatic heterocycles. The highest BCUT2D eigenvalue weighted by Gasteiger charge is 2.11. The third-order valence-corrected chi connectivity index (χ3v) is 1.65. The highest BCUT2D eigenvalue weighted by Crippen LogP contribution is 2.08. The van der Waals surface area contributed by atoms with Crippen LogP contribution in [0.4, 0.5) is 0 Å². The summed E-state index contributed by atoms with van der Waals surface area (Å²) in [6, 6.07) is 0. The van der Waals surface area contributed by atoms with Crippen molar-refractivity contribution in [1.29, 1.82) is 0 Å². The van der Waals surface area contributed by atoms with Gasteiger partial charge in [0.05, 0.1) is 11.9 Å². The van der Waals surface area contributed by atoms with E-state index in [1.165, 1.54) is 0 Å².